The molecule has 14 heteroatoms. The largest absolute Gasteiger partial charge is 0.388 e. The van der Waals surface area contributed by atoms with E-state index >= 15 is 0 Å². The summed E-state index contributed by atoms with van der Waals surface area (Å²) in [5.41, 5.74) is 16.3. The van der Waals surface area contributed by atoms with Crippen LogP contribution in [0.25, 0.3) is 0 Å². The Morgan fingerprint density at radius 2 is 1.70 bits per heavy atom. The molecule has 6 unspecified atom stereocenters. The van der Waals surface area contributed by atoms with E-state index < -0.39 is 72.2 Å². The van der Waals surface area contributed by atoms with E-state index in [0.29, 0.717) is 44.2 Å². The molecule has 14 nitrogen and oxygen atoms in total. The molecule has 2 saturated heterocycles. The van der Waals surface area contributed by atoms with E-state index in [9.17, 15) is 20.4 Å². The topological polar surface area (TPSA) is 256 Å². The summed E-state index contributed by atoms with van der Waals surface area (Å²) in [7, 11) is 0. The van der Waals surface area contributed by atoms with Gasteiger partial charge in [0.2, 0.25) is 0 Å². The average molecular weight is 573 g/mol. The number of ether oxygens (including phenoxy) is 4. The molecule has 4 fully saturated rings. The van der Waals surface area contributed by atoms with Gasteiger partial charge in [0.15, 0.2) is 12.6 Å². The van der Waals surface area contributed by atoms with Gasteiger partial charge < -0.3 is 67.3 Å². The molecule has 4 rings (SSSR count). The summed E-state index contributed by atoms with van der Waals surface area (Å²) in [4.78, 5) is 0. The Labute approximate surface area is 234 Å². The zero-order chi connectivity index (χ0) is 29.4. The first kappa shape index (κ1) is 31.6. The quantitative estimate of drug-likeness (QED) is 0.101. The third-order valence-corrected chi connectivity index (χ3v) is 8.94. The van der Waals surface area contributed by atoms with Crippen molar-refractivity contribution in [2.24, 2.45) is 23.1 Å². The Morgan fingerprint density at radius 3 is 2.35 bits per heavy atom. The Balaban J connectivity index is 1.48. The molecule has 4 aliphatic rings. The van der Waals surface area contributed by atoms with Crippen molar-refractivity contribution in [3.8, 4) is 0 Å². The number of nitrogens with one attached hydrogen (secondary N) is 3. The van der Waals surface area contributed by atoms with Crippen LogP contribution in [-0.4, -0.2) is 118 Å². The van der Waals surface area contributed by atoms with E-state index in [1.54, 1.807) is 13.8 Å². The number of nitrogens with two attached hydrogens (primary N) is 3. The van der Waals surface area contributed by atoms with Crippen LogP contribution in [-0.2, 0) is 18.9 Å². The van der Waals surface area contributed by atoms with Crippen LogP contribution in [0.3, 0.4) is 0 Å². The molecule has 13 N–H and O–H groups in total. The fraction of sp³-hybridized carbons (Fsp3) is 0.923. The maximum absolute atomic E-state index is 11.5. The Bertz CT molecular complexity index is 906. The second-order valence-corrected chi connectivity index (χ2v) is 12.3. The lowest BCUT2D eigenvalue weighted by molar-refractivity contribution is -0.313. The van der Waals surface area contributed by atoms with Crippen LogP contribution < -0.4 is 22.5 Å². The van der Waals surface area contributed by atoms with Gasteiger partial charge >= 0.3 is 0 Å². The van der Waals surface area contributed by atoms with Gasteiger partial charge in [0, 0.05) is 24.2 Å². The molecule has 0 amide bonds. The predicted molar refractivity (Wildman–Crippen MR) is 145 cm³/mol. The van der Waals surface area contributed by atoms with Crippen LogP contribution in [0.1, 0.15) is 58.8 Å². The standard InChI is InChI=1S/C26H48N6O8/c1-12-18(33)23(37-11-25(12,2)35)40-21-17(32-24(31)26(36)7-8-26)9-16(30)20(19(21)34)39-22-15(29)6-5-14(38-22)4-3-13(28)10-27/h12,14-23,28,33-36H,3-11,27,29-30H2,1-2H3,(H2,31,32)/t12-,14-,15?,16+,17-,18?,19?,20?,21?,22-,23-,25?/m1/s1. The summed E-state index contributed by atoms with van der Waals surface area (Å²) >= 11 is 0. The number of aliphatic hydroxyl groups excluding tert-OH is 2. The van der Waals surface area contributed by atoms with Crippen molar-refractivity contribution < 1.29 is 39.4 Å². The van der Waals surface area contributed by atoms with Crippen LogP contribution in [0.2, 0.25) is 0 Å². The van der Waals surface area contributed by atoms with Gasteiger partial charge in [-0.05, 0) is 51.9 Å². The SMILES string of the molecule is C[C@@H]1C(O)[C@@H](OC2C(O)C(O[C@H]3O[C@H](CCC(=N)CN)CCC3N)[C@@H](N)C[C@H]2NC(=N)C2(O)CC2)OCC1(C)O. The predicted octanol–water partition coefficient (Wildman–Crippen LogP) is -2.00. The molecule has 230 valence electrons. The van der Waals surface area contributed by atoms with E-state index in [2.05, 4.69) is 5.32 Å². The first-order chi connectivity index (χ1) is 18.8. The van der Waals surface area contributed by atoms with E-state index in [1.807, 2.05) is 0 Å². The van der Waals surface area contributed by atoms with Gasteiger partial charge in [-0.2, -0.15) is 0 Å². The van der Waals surface area contributed by atoms with Crippen molar-refractivity contribution in [2.45, 2.75) is 131 Å². The highest BCUT2D eigenvalue weighted by molar-refractivity contribution is 5.90. The van der Waals surface area contributed by atoms with Gasteiger partial charge in [0.05, 0.1) is 30.4 Å². The van der Waals surface area contributed by atoms with Crippen LogP contribution in [0.4, 0.5) is 0 Å². The van der Waals surface area contributed by atoms with E-state index in [-0.39, 0.29) is 31.5 Å². The first-order valence-electron chi connectivity index (χ1n) is 14.3. The third kappa shape index (κ3) is 7.01. The van der Waals surface area contributed by atoms with E-state index in [1.165, 1.54) is 0 Å². The number of amidine groups is 1. The summed E-state index contributed by atoms with van der Waals surface area (Å²) in [5.74, 6) is -0.667. The molecule has 2 heterocycles. The molecule has 2 saturated carbocycles. The number of rotatable bonds is 10. The van der Waals surface area contributed by atoms with E-state index in [4.69, 9.17) is 47.0 Å². The second kappa shape index (κ2) is 12.5. The molecule has 2 aliphatic carbocycles. The van der Waals surface area contributed by atoms with Crippen molar-refractivity contribution in [1.82, 2.24) is 5.32 Å². The summed E-state index contributed by atoms with van der Waals surface area (Å²) in [6, 6.07) is -1.86. The van der Waals surface area contributed by atoms with Crippen LogP contribution >= 0.6 is 0 Å². The van der Waals surface area contributed by atoms with Crippen molar-refractivity contribution in [2.75, 3.05) is 13.2 Å². The summed E-state index contributed by atoms with van der Waals surface area (Å²) in [5, 5.41) is 62.5. The highest BCUT2D eigenvalue weighted by atomic mass is 16.7. The molecule has 12 atom stereocenters. The number of hydrogen-bond acceptors (Lipinski definition) is 13. The lowest BCUT2D eigenvalue weighted by atomic mass is 9.82. The Hall–Kier alpha value is -1.30. The molecular weight excluding hydrogens is 524 g/mol. The molecule has 0 spiro atoms. The zero-order valence-electron chi connectivity index (χ0n) is 23.4. The van der Waals surface area contributed by atoms with Crippen molar-refractivity contribution in [3.05, 3.63) is 0 Å². The van der Waals surface area contributed by atoms with Crippen molar-refractivity contribution in [1.29, 1.82) is 10.8 Å². The fourth-order valence-corrected chi connectivity index (χ4v) is 5.60. The van der Waals surface area contributed by atoms with Gasteiger partial charge in [0.1, 0.15) is 35.9 Å². The second-order valence-electron chi connectivity index (χ2n) is 12.3. The van der Waals surface area contributed by atoms with Gasteiger partial charge in [-0.25, -0.2) is 0 Å². The maximum atomic E-state index is 11.5. The summed E-state index contributed by atoms with van der Waals surface area (Å²) in [6.07, 6.45) is -3.18. The molecule has 0 bridgehead atoms. The fourth-order valence-electron chi connectivity index (χ4n) is 5.60. The lowest BCUT2D eigenvalue weighted by Gasteiger charge is -2.49. The molecule has 40 heavy (non-hydrogen) atoms. The number of hydrogen-bond donors (Lipinski definition) is 10. The molecule has 0 aromatic rings. The molecule has 0 aromatic carbocycles. The van der Waals surface area contributed by atoms with Crippen molar-refractivity contribution in [3.63, 3.8) is 0 Å². The highest BCUT2D eigenvalue weighted by Crippen LogP contribution is 2.37. The Morgan fingerprint density at radius 1 is 1.02 bits per heavy atom. The van der Waals surface area contributed by atoms with Crippen LogP contribution in [0.5, 0.6) is 0 Å². The van der Waals surface area contributed by atoms with Gasteiger partial charge in [0.25, 0.3) is 0 Å². The smallest absolute Gasteiger partial charge is 0.184 e. The molecule has 0 aromatic heterocycles. The molecule has 0 radical (unpaired) electrons. The first-order valence-corrected chi connectivity index (χ1v) is 14.3. The van der Waals surface area contributed by atoms with Crippen LogP contribution in [0, 0.1) is 16.7 Å². The van der Waals surface area contributed by atoms with Gasteiger partial charge in [-0.3, -0.25) is 5.41 Å². The average Bonchev–Trinajstić information content (AvgIpc) is 3.67. The number of aliphatic hydroxyl groups is 4. The third-order valence-electron chi connectivity index (χ3n) is 8.94. The highest BCUT2D eigenvalue weighted by Gasteiger charge is 2.53. The van der Waals surface area contributed by atoms with E-state index in [0.717, 1.165) is 0 Å². The minimum Gasteiger partial charge on any atom is -0.388 e. The monoisotopic (exact) mass is 572 g/mol. The normalized spacial score (nSPS) is 45.1. The summed E-state index contributed by atoms with van der Waals surface area (Å²) in [6.45, 7) is 3.36. The summed E-state index contributed by atoms with van der Waals surface area (Å²) < 4.78 is 24.1. The zero-order valence-corrected chi connectivity index (χ0v) is 23.4. The molecular formula is C26H48N6O8. The Kier molecular flexibility index (Phi) is 9.90. The maximum Gasteiger partial charge on any atom is 0.184 e. The minimum atomic E-state index is -1.34. The minimum absolute atomic E-state index is 0.0837. The van der Waals surface area contributed by atoms with Gasteiger partial charge in [-0.1, -0.05) is 6.92 Å². The van der Waals surface area contributed by atoms with Gasteiger partial charge in [-0.15, -0.1) is 0 Å². The lowest BCUT2D eigenvalue weighted by Crippen LogP contribution is -2.68. The van der Waals surface area contributed by atoms with Crippen LogP contribution in [0.15, 0.2) is 0 Å². The van der Waals surface area contributed by atoms with Crippen molar-refractivity contribution >= 4 is 11.5 Å². The molecule has 2 aliphatic heterocycles.